The van der Waals surface area contributed by atoms with Crippen molar-refractivity contribution in [3.05, 3.63) is 107 Å². The smallest absolute Gasteiger partial charge is 0.128 e. The monoisotopic (exact) mass is 548 g/mol. The molecule has 7 aromatic rings. The molecule has 0 radical (unpaired) electrons. The van der Waals surface area contributed by atoms with Crippen molar-refractivity contribution in [3.63, 3.8) is 0 Å². The van der Waals surface area contributed by atoms with Gasteiger partial charge in [-0.1, -0.05) is 72.8 Å². The Kier molecular flexibility index (Phi) is 4.83. The topological polar surface area (TPSA) is 36.9 Å². The van der Waals surface area contributed by atoms with Gasteiger partial charge in [0.2, 0.25) is 0 Å². The predicted octanol–water partition coefficient (Wildman–Crippen LogP) is 9.19. The van der Waals surface area contributed by atoms with Crippen LogP contribution in [-0.4, -0.2) is 28.4 Å². The van der Waals surface area contributed by atoms with Crippen molar-refractivity contribution >= 4 is 43.1 Å². The number of fused-ring (bicyclic) bond motifs is 6. The van der Waals surface area contributed by atoms with Gasteiger partial charge in [0.05, 0.1) is 14.2 Å². The van der Waals surface area contributed by atoms with Crippen molar-refractivity contribution < 1.29 is 18.9 Å². The molecule has 42 heavy (non-hydrogen) atoms. The number of hydrogen-bond donors (Lipinski definition) is 0. The molecule has 0 N–H and O–H groups in total. The summed E-state index contributed by atoms with van der Waals surface area (Å²) in [5.41, 5.74) is 9.41. The van der Waals surface area contributed by atoms with E-state index in [1.54, 1.807) is 28.4 Å². The quantitative estimate of drug-likeness (QED) is 0.162. The molecule has 0 aliphatic heterocycles. The molecule has 2 aliphatic rings. The molecule has 0 bridgehead atoms. The third kappa shape index (κ3) is 2.74. The summed E-state index contributed by atoms with van der Waals surface area (Å²) in [6, 6.07) is 30.6. The van der Waals surface area contributed by atoms with E-state index in [-0.39, 0.29) is 12.2 Å². The fourth-order valence-electron chi connectivity index (χ4n) is 8.05. The van der Waals surface area contributed by atoms with Gasteiger partial charge in [-0.15, -0.1) is 0 Å². The van der Waals surface area contributed by atoms with Crippen LogP contribution in [0.2, 0.25) is 0 Å². The molecule has 0 fully saturated rings. The standard InChI is InChI=1S/C38H28O4/c1-39-29-17-27-19-9-5-7-11-23(19)37(41-3)25-15-13-21-22-14-16-26-32-28(20-10-6-8-12-24(20)38(26)42-4)18-30(40-2)36(34(22)32)35(29)33(21)31(25)27/h5-18,37-38H,1-4H3. The van der Waals surface area contributed by atoms with E-state index in [0.29, 0.717) is 0 Å². The maximum absolute atomic E-state index is 6.24. The lowest BCUT2D eigenvalue weighted by molar-refractivity contribution is 0.137. The lowest BCUT2D eigenvalue weighted by Crippen LogP contribution is -2.12. The Bertz CT molecular complexity index is 2100. The van der Waals surface area contributed by atoms with E-state index < -0.39 is 0 Å². The van der Waals surface area contributed by atoms with Crippen molar-refractivity contribution in [1.29, 1.82) is 0 Å². The summed E-state index contributed by atoms with van der Waals surface area (Å²) in [5, 5.41) is 9.35. The average Bonchev–Trinajstić information content (AvgIpc) is 3.05. The molecule has 2 aliphatic carbocycles. The van der Waals surface area contributed by atoms with Gasteiger partial charge in [-0.25, -0.2) is 0 Å². The first kappa shape index (κ1) is 24.0. The van der Waals surface area contributed by atoms with Crippen LogP contribution in [0.1, 0.15) is 34.5 Å². The van der Waals surface area contributed by atoms with Gasteiger partial charge in [0.25, 0.3) is 0 Å². The van der Waals surface area contributed by atoms with E-state index in [1.807, 2.05) is 0 Å². The Morgan fingerprint density at radius 2 is 0.833 bits per heavy atom. The van der Waals surface area contributed by atoms with Crippen molar-refractivity contribution in [1.82, 2.24) is 0 Å². The molecule has 4 heteroatoms. The first-order chi connectivity index (χ1) is 20.7. The highest BCUT2D eigenvalue weighted by atomic mass is 16.5. The van der Waals surface area contributed by atoms with Crippen LogP contribution in [0.25, 0.3) is 65.3 Å². The number of hydrogen-bond acceptors (Lipinski definition) is 4. The molecular formula is C38H28O4. The molecular weight excluding hydrogens is 520 g/mol. The van der Waals surface area contributed by atoms with Crippen LogP contribution in [0, 0.1) is 0 Å². The Labute approximate surface area is 243 Å². The number of methoxy groups -OCH3 is 4. The van der Waals surface area contributed by atoms with Crippen LogP contribution in [0.5, 0.6) is 11.5 Å². The molecule has 204 valence electrons. The Morgan fingerprint density at radius 3 is 1.24 bits per heavy atom. The van der Waals surface area contributed by atoms with Crippen LogP contribution in [0.15, 0.2) is 84.9 Å². The molecule has 2 atom stereocenters. The Hall–Kier alpha value is -4.64. The SMILES string of the molecule is COc1cc2c3c(ccc4c5ccc6c7c(cc(OC)c(c1c34)c75)-c1ccccc1C6OC)C(OC)c1ccccc1-2. The fraction of sp³-hybridized carbons (Fsp3) is 0.158. The summed E-state index contributed by atoms with van der Waals surface area (Å²) in [5.74, 6) is 1.68. The van der Waals surface area contributed by atoms with Crippen LogP contribution < -0.4 is 9.47 Å². The van der Waals surface area contributed by atoms with E-state index in [4.69, 9.17) is 18.9 Å². The zero-order valence-corrected chi connectivity index (χ0v) is 23.9. The van der Waals surface area contributed by atoms with E-state index >= 15 is 0 Å². The fourth-order valence-corrected chi connectivity index (χ4v) is 8.05. The zero-order chi connectivity index (χ0) is 28.3. The van der Waals surface area contributed by atoms with Gasteiger partial charge in [-0.2, -0.15) is 0 Å². The highest BCUT2D eigenvalue weighted by molar-refractivity contribution is 6.38. The lowest BCUT2D eigenvalue weighted by atomic mass is 9.75. The molecule has 9 rings (SSSR count). The van der Waals surface area contributed by atoms with Gasteiger partial charge in [-0.05, 0) is 78.2 Å². The minimum absolute atomic E-state index is 0.151. The van der Waals surface area contributed by atoms with Crippen LogP contribution in [-0.2, 0) is 9.47 Å². The minimum Gasteiger partial charge on any atom is -0.496 e. The van der Waals surface area contributed by atoms with Crippen molar-refractivity contribution in [2.75, 3.05) is 28.4 Å². The molecule has 4 nitrogen and oxygen atoms in total. The second kappa shape index (κ2) is 8.45. The molecule has 0 aromatic heterocycles. The molecule has 0 amide bonds. The second-order valence-corrected chi connectivity index (χ2v) is 11.3. The number of benzene rings is 7. The van der Waals surface area contributed by atoms with E-state index in [9.17, 15) is 0 Å². The summed E-state index contributed by atoms with van der Waals surface area (Å²) in [6.07, 6.45) is -0.303. The molecule has 7 aromatic carbocycles. The van der Waals surface area contributed by atoms with Gasteiger partial charge < -0.3 is 18.9 Å². The van der Waals surface area contributed by atoms with Crippen LogP contribution >= 0.6 is 0 Å². The van der Waals surface area contributed by atoms with E-state index in [1.165, 1.54) is 76.8 Å². The maximum atomic E-state index is 6.24. The third-order valence-electron chi connectivity index (χ3n) is 9.64. The van der Waals surface area contributed by atoms with E-state index in [2.05, 4.69) is 84.9 Å². The van der Waals surface area contributed by atoms with Crippen LogP contribution in [0.4, 0.5) is 0 Å². The lowest BCUT2D eigenvalue weighted by Gasteiger charge is -2.32. The molecule has 2 unspecified atom stereocenters. The first-order valence-corrected chi connectivity index (χ1v) is 14.3. The average molecular weight is 549 g/mol. The van der Waals surface area contributed by atoms with Crippen molar-refractivity contribution in [2.24, 2.45) is 0 Å². The largest absolute Gasteiger partial charge is 0.496 e. The Morgan fingerprint density at radius 1 is 0.405 bits per heavy atom. The third-order valence-corrected chi connectivity index (χ3v) is 9.64. The normalized spacial score (nSPS) is 16.8. The molecule has 0 spiro atoms. The molecule has 0 heterocycles. The zero-order valence-electron chi connectivity index (χ0n) is 23.9. The van der Waals surface area contributed by atoms with Crippen molar-refractivity contribution in [2.45, 2.75) is 12.2 Å². The highest BCUT2D eigenvalue weighted by Gasteiger charge is 2.34. The summed E-state index contributed by atoms with van der Waals surface area (Å²) >= 11 is 0. The summed E-state index contributed by atoms with van der Waals surface area (Å²) in [4.78, 5) is 0. The van der Waals surface area contributed by atoms with Gasteiger partial charge >= 0.3 is 0 Å². The van der Waals surface area contributed by atoms with Crippen molar-refractivity contribution in [3.8, 4) is 33.8 Å². The number of ether oxygens (including phenoxy) is 4. The maximum Gasteiger partial charge on any atom is 0.128 e. The van der Waals surface area contributed by atoms with Gasteiger partial charge in [0.1, 0.15) is 23.7 Å². The Balaban J connectivity index is 1.56. The highest BCUT2D eigenvalue weighted by Crippen LogP contribution is 2.57. The van der Waals surface area contributed by atoms with Crippen LogP contribution in [0.3, 0.4) is 0 Å². The van der Waals surface area contributed by atoms with Gasteiger partial charge in [0, 0.05) is 35.8 Å². The van der Waals surface area contributed by atoms with Gasteiger partial charge in [0.15, 0.2) is 0 Å². The van der Waals surface area contributed by atoms with E-state index in [0.717, 1.165) is 22.3 Å². The summed E-state index contributed by atoms with van der Waals surface area (Å²) in [7, 11) is 7.14. The summed E-state index contributed by atoms with van der Waals surface area (Å²) < 4.78 is 24.8. The first-order valence-electron chi connectivity index (χ1n) is 14.3. The minimum atomic E-state index is -0.151. The molecule has 0 saturated carbocycles. The number of rotatable bonds is 4. The van der Waals surface area contributed by atoms with Gasteiger partial charge in [-0.3, -0.25) is 0 Å². The summed E-state index contributed by atoms with van der Waals surface area (Å²) in [6.45, 7) is 0. The predicted molar refractivity (Wildman–Crippen MR) is 169 cm³/mol. The molecule has 0 saturated heterocycles. The second-order valence-electron chi connectivity index (χ2n) is 11.3.